The molecule has 5 nitrogen and oxygen atoms in total. The number of ether oxygens (including phenoxy) is 1. The number of fused-ring (bicyclic) bond motifs is 3. The van der Waals surface area contributed by atoms with Gasteiger partial charge in [-0.15, -0.1) is 11.3 Å². The third kappa shape index (κ3) is 2.55. The first-order chi connectivity index (χ1) is 11.1. The summed E-state index contributed by atoms with van der Waals surface area (Å²) in [6.07, 6.45) is 2.71. The van der Waals surface area contributed by atoms with E-state index < -0.39 is 0 Å². The van der Waals surface area contributed by atoms with Crippen LogP contribution in [0.3, 0.4) is 0 Å². The van der Waals surface area contributed by atoms with Gasteiger partial charge in [-0.3, -0.25) is 0 Å². The predicted octanol–water partition coefficient (Wildman–Crippen LogP) is 3.96. The van der Waals surface area contributed by atoms with Gasteiger partial charge in [-0.25, -0.2) is 15.0 Å². The zero-order valence-corrected chi connectivity index (χ0v) is 14.6. The summed E-state index contributed by atoms with van der Waals surface area (Å²) in [4.78, 5) is 14.5. The smallest absolute Gasteiger partial charge is 0.147 e. The molecule has 1 unspecified atom stereocenters. The van der Waals surface area contributed by atoms with Crippen LogP contribution in [-0.4, -0.2) is 34.7 Å². The second-order valence-electron chi connectivity index (χ2n) is 5.93. The molecule has 0 bridgehead atoms. The highest BCUT2D eigenvalue weighted by atomic mass is 35.5. The van der Waals surface area contributed by atoms with Crippen molar-refractivity contribution in [2.75, 3.05) is 25.1 Å². The molecule has 1 saturated heterocycles. The molecule has 0 aliphatic carbocycles. The molecule has 23 heavy (non-hydrogen) atoms. The highest BCUT2D eigenvalue weighted by Crippen LogP contribution is 2.39. The molecular formula is C16H17ClN4OS. The van der Waals surface area contributed by atoms with Gasteiger partial charge in [-0.2, -0.15) is 0 Å². The quantitative estimate of drug-likeness (QED) is 0.776. The van der Waals surface area contributed by atoms with Gasteiger partial charge in [0.05, 0.1) is 27.5 Å². The average Bonchev–Trinajstić information content (AvgIpc) is 3.17. The van der Waals surface area contributed by atoms with Crippen LogP contribution in [0, 0.1) is 19.8 Å². The predicted molar refractivity (Wildman–Crippen MR) is 94.6 cm³/mol. The number of pyridine rings is 1. The van der Waals surface area contributed by atoms with Gasteiger partial charge in [0.1, 0.15) is 17.0 Å². The van der Waals surface area contributed by atoms with Gasteiger partial charge in [0.15, 0.2) is 0 Å². The van der Waals surface area contributed by atoms with Crippen LogP contribution in [0.15, 0.2) is 6.33 Å². The lowest BCUT2D eigenvalue weighted by Gasteiger charge is -2.10. The molecule has 3 aromatic rings. The van der Waals surface area contributed by atoms with Crippen molar-refractivity contribution in [2.24, 2.45) is 5.92 Å². The van der Waals surface area contributed by atoms with Gasteiger partial charge in [-0.1, -0.05) is 11.6 Å². The summed E-state index contributed by atoms with van der Waals surface area (Å²) in [6, 6.07) is 0. The number of aromatic nitrogens is 3. The number of nitrogens with zero attached hydrogens (tertiary/aromatic N) is 3. The van der Waals surface area contributed by atoms with Crippen molar-refractivity contribution in [2.45, 2.75) is 20.3 Å². The van der Waals surface area contributed by atoms with Crippen molar-refractivity contribution >= 4 is 49.2 Å². The fourth-order valence-electron chi connectivity index (χ4n) is 3.01. The molecule has 1 atom stereocenters. The Bertz CT molecular complexity index is 889. The molecule has 0 saturated carbocycles. The van der Waals surface area contributed by atoms with Gasteiger partial charge in [-0.05, 0) is 25.8 Å². The van der Waals surface area contributed by atoms with E-state index in [0.717, 1.165) is 63.7 Å². The lowest BCUT2D eigenvalue weighted by molar-refractivity contribution is 0.187. The van der Waals surface area contributed by atoms with Crippen LogP contribution in [0.5, 0.6) is 0 Å². The fourth-order valence-corrected chi connectivity index (χ4v) is 4.35. The number of thiophene rings is 1. The molecule has 7 heteroatoms. The minimum absolute atomic E-state index is 0.547. The van der Waals surface area contributed by atoms with E-state index in [9.17, 15) is 0 Å². The van der Waals surface area contributed by atoms with Crippen LogP contribution in [0.1, 0.15) is 17.7 Å². The molecule has 0 radical (unpaired) electrons. The SMILES string of the molecule is Cc1nc2sc3c(NCC4CCOC4)ncnc3c2c(C)c1Cl. The summed E-state index contributed by atoms with van der Waals surface area (Å²) in [5.41, 5.74) is 2.82. The summed E-state index contributed by atoms with van der Waals surface area (Å²) in [6.45, 7) is 6.51. The second kappa shape index (κ2) is 5.85. The fraction of sp³-hybridized carbons (Fsp3) is 0.438. The summed E-state index contributed by atoms with van der Waals surface area (Å²) < 4.78 is 6.47. The zero-order chi connectivity index (χ0) is 16.0. The van der Waals surface area contributed by atoms with Gasteiger partial charge in [0, 0.05) is 24.5 Å². The Hall–Kier alpha value is -1.50. The van der Waals surface area contributed by atoms with E-state index in [1.165, 1.54) is 0 Å². The highest BCUT2D eigenvalue weighted by molar-refractivity contribution is 7.26. The van der Waals surface area contributed by atoms with E-state index in [1.54, 1.807) is 17.7 Å². The summed E-state index contributed by atoms with van der Waals surface area (Å²) in [7, 11) is 0. The first-order valence-electron chi connectivity index (χ1n) is 7.66. The summed E-state index contributed by atoms with van der Waals surface area (Å²) >= 11 is 7.99. The number of anilines is 1. The molecule has 1 N–H and O–H groups in total. The van der Waals surface area contributed by atoms with Gasteiger partial charge in [0.2, 0.25) is 0 Å². The second-order valence-corrected chi connectivity index (χ2v) is 7.31. The Balaban J connectivity index is 1.80. The largest absolute Gasteiger partial charge is 0.381 e. The molecule has 3 aromatic heterocycles. The van der Waals surface area contributed by atoms with E-state index in [2.05, 4.69) is 20.3 Å². The molecule has 0 amide bonds. The topological polar surface area (TPSA) is 59.9 Å². The number of hydrogen-bond donors (Lipinski definition) is 1. The van der Waals surface area contributed by atoms with Crippen LogP contribution in [0.2, 0.25) is 5.02 Å². The third-order valence-electron chi connectivity index (χ3n) is 4.33. The molecule has 1 aliphatic heterocycles. The number of nitrogens with one attached hydrogen (secondary N) is 1. The van der Waals surface area contributed by atoms with Crippen LogP contribution >= 0.6 is 22.9 Å². The number of hydrogen-bond acceptors (Lipinski definition) is 6. The van der Waals surface area contributed by atoms with Crippen LogP contribution in [0.4, 0.5) is 5.82 Å². The maximum Gasteiger partial charge on any atom is 0.147 e. The average molecular weight is 349 g/mol. The Morgan fingerprint density at radius 1 is 1.39 bits per heavy atom. The Morgan fingerprint density at radius 2 is 2.26 bits per heavy atom. The van der Waals surface area contributed by atoms with E-state index in [-0.39, 0.29) is 0 Å². The van der Waals surface area contributed by atoms with E-state index in [4.69, 9.17) is 16.3 Å². The van der Waals surface area contributed by atoms with Crippen molar-refractivity contribution in [3.05, 3.63) is 22.6 Å². The van der Waals surface area contributed by atoms with Crippen molar-refractivity contribution in [3.63, 3.8) is 0 Å². The van der Waals surface area contributed by atoms with E-state index >= 15 is 0 Å². The standard InChI is InChI=1S/C16H17ClN4OS/c1-8-11-13-14(23-16(11)21-9(2)12(8)17)15(20-7-19-13)18-5-10-3-4-22-6-10/h7,10H,3-6H2,1-2H3,(H,18,19,20). The monoisotopic (exact) mass is 348 g/mol. The molecule has 4 rings (SSSR count). The molecule has 0 aromatic carbocycles. The van der Waals surface area contributed by atoms with Crippen molar-refractivity contribution in [1.82, 2.24) is 15.0 Å². The lowest BCUT2D eigenvalue weighted by atomic mass is 10.1. The zero-order valence-electron chi connectivity index (χ0n) is 13.0. The summed E-state index contributed by atoms with van der Waals surface area (Å²) in [5, 5.41) is 5.21. The Labute approximate surface area is 143 Å². The number of halogens is 1. The molecule has 1 fully saturated rings. The number of aryl methyl sites for hydroxylation is 2. The highest BCUT2D eigenvalue weighted by Gasteiger charge is 2.19. The normalized spacial score (nSPS) is 18.1. The number of rotatable bonds is 3. The maximum absolute atomic E-state index is 6.37. The lowest BCUT2D eigenvalue weighted by Crippen LogP contribution is -2.14. The van der Waals surface area contributed by atoms with Gasteiger partial charge >= 0.3 is 0 Å². The van der Waals surface area contributed by atoms with Crippen molar-refractivity contribution in [3.8, 4) is 0 Å². The van der Waals surface area contributed by atoms with Crippen molar-refractivity contribution in [1.29, 1.82) is 0 Å². The third-order valence-corrected chi connectivity index (χ3v) is 5.96. The van der Waals surface area contributed by atoms with E-state index in [0.29, 0.717) is 10.9 Å². The molecular weight excluding hydrogens is 332 g/mol. The molecule has 1 aliphatic rings. The van der Waals surface area contributed by atoms with Crippen LogP contribution < -0.4 is 5.32 Å². The van der Waals surface area contributed by atoms with E-state index in [1.807, 2.05) is 13.8 Å². The van der Waals surface area contributed by atoms with Crippen LogP contribution in [-0.2, 0) is 4.74 Å². The first kappa shape index (κ1) is 15.1. The van der Waals surface area contributed by atoms with Crippen LogP contribution in [0.25, 0.3) is 20.4 Å². The van der Waals surface area contributed by atoms with Gasteiger partial charge in [0.25, 0.3) is 0 Å². The summed E-state index contributed by atoms with van der Waals surface area (Å²) in [5.74, 6) is 1.42. The molecule has 120 valence electrons. The minimum Gasteiger partial charge on any atom is -0.381 e. The maximum atomic E-state index is 6.37. The first-order valence-corrected chi connectivity index (χ1v) is 8.86. The van der Waals surface area contributed by atoms with Crippen molar-refractivity contribution < 1.29 is 4.74 Å². The van der Waals surface area contributed by atoms with Gasteiger partial charge < -0.3 is 10.1 Å². The minimum atomic E-state index is 0.547. The molecule has 0 spiro atoms. The Kier molecular flexibility index (Phi) is 3.83. The molecule has 4 heterocycles. The Morgan fingerprint density at radius 3 is 3.04 bits per heavy atom.